The minimum atomic E-state index is -0.390. The van der Waals surface area contributed by atoms with Gasteiger partial charge in [0.15, 0.2) is 5.76 Å². The molecule has 0 aliphatic heterocycles. The van der Waals surface area contributed by atoms with E-state index in [0.717, 1.165) is 11.3 Å². The molecular formula is C21H21N3O4. The van der Waals surface area contributed by atoms with Crippen LogP contribution in [0.15, 0.2) is 71.3 Å². The van der Waals surface area contributed by atoms with Crippen molar-refractivity contribution in [2.24, 2.45) is 0 Å². The molecule has 0 saturated heterocycles. The molecule has 144 valence electrons. The Morgan fingerprint density at radius 2 is 1.64 bits per heavy atom. The van der Waals surface area contributed by atoms with Crippen LogP contribution in [-0.2, 0) is 6.42 Å². The Balaban J connectivity index is 1.53. The van der Waals surface area contributed by atoms with Gasteiger partial charge in [-0.05, 0) is 48.4 Å². The Morgan fingerprint density at radius 3 is 2.29 bits per heavy atom. The van der Waals surface area contributed by atoms with Gasteiger partial charge < -0.3 is 25.1 Å². The van der Waals surface area contributed by atoms with Crippen molar-refractivity contribution in [3.8, 4) is 5.75 Å². The molecule has 0 bridgehead atoms. The van der Waals surface area contributed by atoms with Crippen LogP contribution in [0.2, 0.25) is 0 Å². The van der Waals surface area contributed by atoms with Crippen LogP contribution in [0.5, 0.6) is 5.75 Å². The minimum absolute atomic E-state index is 0.193. The van der Waals surface area contributed by atoms with Gasteiger partial charge in [-0.2, -0.15) is 0 Å². The lowest BCUT2D eigenvalue weighted by atomic mass is 10.1. The molecule has 0 aliphatic rings. The van der Waals surface area contributed by atoms with Gasteiger partial charge in [-0.15, -0.1) is 0 Å². The van der Waals surface area contributed by atoms with Crippen molar-refractivity contribution in [3.63, 3.8) is 0 Å². The summed E-state index contributed by atoms with van der Waals surface area (Å²) < 4.78 is 10.2. The molecule has 1 aromatic heterocycles. The van der Waals surface area contributed by atoms with Gasteiger partial charge >= 0.3 is 6.03 Å². The van der Waals surface area contributed by atoms with Gasteiger partial charge in [0, 0.05) is 6.54 Å². The minimum Gasteiger partial charge on any atom is -0.497 e. The van der Waals surface area contributed by atoms with Gasteiger partial charge in [0.2, 0.25) is 0 Å². The standard InChI is InChI=1S/C21H21N3O4/c1-27-16-10-8-15(9-11-16)12-13-22-21(26)24-18-6-3-2-5-17(18)23-20(25)19-7-4-14-28-19/h2-11,14H,12-13H2,1H3,(H,23,25)(H2,22,24,26). The first-order valence-corrected chi connectivity index (χ1v) is 8.77. The van der Waals surface area contributed by atoms with Crippen LogP contribution in [-0.4, -0.2) is 25.6 Å². The largest absolute Gasteiger partial charge is 0.497 e. The number of benzene rings is 2. The van der Waals surface area contributed by atoms with Crippen LogP contribution in [0.4, 0.5) is 16.2 Å². The number of rotatable bonds is 7. The van der Waals surface area contributed by atoms with Crippen LogP contribution in [0.3, 0.4) is 0 Å². The van der Waals surface area contributed by atoms with Crippen molar-refractivity contribution >= 4 is 23.3 Å². The zero-order valence-corrected chi connectivity index (χ0v) is 15.4. The Hall–Kier alpha value is -3.74. The molecule has 3 amide bonds. The number of furan rings is 1. The maximum absolute atomic E-state index is 12.2. The summed E-state index contributed by atoms with van der Waals surface area (Å²) in [5.41, 5.74) is 2.06. The number of carbonyl (C=O) groups is 2. The SMILES string of the molecule is COc1ccc(CCNC(=O)Nc2ccccc2NC(=O)c2ccco2)cc1. The summed E-state index contributed by atoms with van der Waals surface area (Å²) in [5.74, 6) is 0.598. The van der Waals surface area contributed by atoms with Crippen molar-refractivity contribution < 1.29 is 18.7 Å². The Labute approximate surface area is 162 Å². The predicted octanol–water partition coefficient (Wildman–Crippen LogP) is 3.90. The number of urea groups is 1. The first-order chi connectivity index (χ1) is 13.7. The van der Waals surface area contributed by atoms with Gasteiger partial charge in [0.05, 0.1) is 24.7 Å². The first kappa shape index (κ1) is 19.0. The number of carbonyl (C=O) groups excluding carboxylic acids is 2. The molecule has 7 heteroatoms. The molecule has 2 aromatic carbocycles. The molecule has 0 atom stereocenters. The third kappa shape index (κ3) is 5.14. The molecule has 0 aliphatic carbocycles. The third-order valence-corrected chi connectivity index (χ3v) is 4.03. The number of methoxy groups -OCH3 is 1. The number of ether oxygens (including phenoxy) is 1. The van der Waals surface area contributed by atoms with E-state index in [9.17, 15) is 9.59 Å². The predicted molar refractivity (Wildman–Crippen MR) is 107 cm³/mol. The van der Waals surface area contributed by atoms with E-state index < -0.39 is 0 Å². The van der Waals surface area contributed by atoms with Crippen LogP contribution < -0.4 is 20.7 Å². The lowest BCUT2D eigenvalue weighted by Crippen LogP contribution is -2.30. The molecule has 28 heavy (non-hydrogen) atoms. The fourth-order valence-electron chi connectivity index (χ4n) is 2.57. The topological polar surface area (TPSA) is 92.6 Å². The van der Waals surface area contributed by atoms with Gasteiger partial charge in [-0.3, -0.25) is 4.79 Å². The average Bonchev–Trinajstić information content (AvgIpc) is 3.25. The van der Waals surface area contributed by atoms with E-state index in [1.165, 1.54) is 6.26 Å². The van der Waals surface area contributed by atoms with Gasteiger partial charge in [0.25, 0.3) is 5.91 Å². The summed E-state index contributed by atoms with van der Waals surface area (Å²) in [6.45, 7) is 0.471. The third-order valence-electron chi connectivity index (χ3n) is 4.03. The second-order valence-corrected chi connectivity index (χ2v) is 5.96. The average molecular weight is 379 g/mol. The van der Waals surface area contributed by atoms with Crippen molar-refractivity contribution in [2.45, 2.75) is 6.42 Å². The number of amides is 3. The number of anilines is 2. The van der Waals surface area contributed by atoms with E-state index in [2.05, 4.69) is 16.0 Å². The van der Waals surface area contributed by atoms with Crippen LogP contribution in [0.25, 0.3) is 0 Å². The maximum atomic E-state index is 12.2. The van der Waals surface area contributed by atoms with Gasteiger partial charge in [0.1, 0.15) is 5.75 Å². The molecule has 0 saturated carbocycles. The van der Waals surface area contributed by atoms with E-state index in [1.54, 1.807) is 43.5 Å². The molecule has 1 heterocycles. The number of hydrogen-bond donors (Lipinski definition) is 3. The van der Waals surface area contributed by atoms with E-state index in [4.69, 9.17) is 9.15 Å². The van der Waals surface area contributed by atoms with Gasteiger partial charge in [-0.1, -0.05) is 24.3 Å². The Morgan fingerprint density at radius 1 is 0.929 bits per heavy atom. The van der Waals surface area contributed by atoms with E-state index in [0.29, 0.717) is 24.3 Å². The molecule has 3 N–H and O–H groups in total. The monoisotopic (exact) mass is 379 g/mol. The van der Waals surface area contributed by atoms with Crippen molar-refractivity contribution in [2.75, 3.05) is 24.3 Å². The zero-order chi connectivity index (χ0) is 19.8. The Bertz CT molecular complexity index is 921. The van der Waals surface area contributed by atoms with Crippen molar-refractivity contribution in [1.29, 1.82) is 0 Å². The van der Waals surface area contributed by atoms with Crippen molar-refractivity contribution in [1.82, 2.24) is 5.32 Å². The molecule has 0 spiro atoms. The quantitative estimate of drug-likeness (QED) is 0.580. The molecule has 3 rings (SSSR count). The van der Waals surface area contributed by atoms with E-state index >= 15 is 0 Å². The smallest absolute Gasteiger partial charge is 0.319 e. The lowest BCUT2D eigenvalue weighted by Gasteiger charge is -2.12. The van der Waals surface area contributed by atoms with E-state index in [-0.39, 0.29) is 17.7 Å². The highest BCUT2D eigenvalue weighted by molar-refractivity contribution is 6.05. The molecule has 0 unspecified atom stereocenters. The van der Waals surface area contributed by atoms with Crippen LogP contribution >= 0.6 is 0 Å². The highest BCUT2D eigenvalue weighted by Crippen LogP contribution is 2.21. The lowest BCUT2D eigenvalue weighted by molar-refractivity contribution is 0.0996. The van der Waals surface area contributed by atoms with E-state index in [1.807, 2.05) is 24.3 Å². The molecular weight excluding hydrogens is 358 g/mol. The maximum Gasteiger partial charge on any atom is 0.319 e. The summed E-state index contributed by atoms with van der Waals surface area (Å²) in [5, 5.41) is 8.28. The second kappa shape index (κ2) is 9.27. The number of nitrogens with one attached hydrogen (secondary N) is 3. The highest BCUT2D eigenvalue weighted by atomic mass is 16.5. The molecule has 7 nitrogen and oxygen atoms in total. The summed E-state index contributed by atoms with van der Waals surface area (Å²) in [6.07, 6.45) is 2.11. The molecule has 3 aromatic rings. The zero-order valence-electron chi connectivity index (χ0n) is 15.4. The molecule has 0 radical (unpaired) electrons. The summed E-state index contributed by atoms with van der Waals surface area (Å²) in [6, 6.07) is 17.5. The normalized spacial score (nSPS) is 10.2. The highest BCUT2D eigenvalue weighted by Gasteiger charge is 2.12. The fourth-order valence-corrected chi connectivity index (χ4v) is 2.57. The van der Waals surface area contributed by atoms with Crippen LogP contribution in [0, 0.1) is 0 Å². The summed E-state index contributed by atoms with van der Waals surface area (Å²) >= 11 is 0. The first-order valence-electron chi connectivity index (χ1n) is 8.77. The van der Waals surface area contributed by atoms with Gasteiger partial charge in [-0.25, -0.2) is 4.79 Å². The summed E-state index contributed by atoms with van der Waals surface area (Å²) in [7, 11) is 1.62. The number of hydrogen-bond acceptors (Lipinski definition) is 4. The number of para-hydroxylation sites is 2. The Kier molecular flexibility index (Phi) is 6.30. The fraction of sp³-hybridized carbons (Fsp3) is 0.143. The molecule has 0 fully saturated rings. The van der Waals surface area contributed by atoms with Crippen molar-refractivity contribution in [3.05, 3.63) is 78.3 Å². The van der Waals surface area contributed by atoms with Crippen LogP contribution in [0.1, 0.15) is 16.1 Å². The summed E-state index contributed by atoms with van der Waals surface area (Å²) in [4.78, 5) is 24.3. The second-order valence-electron chi connectivity index (χ2n) is 5.96.